The molecule has 12 rings (SSSR count). The van der Waals surface area contributed by atoms with Crippen LogP contribution in [-0.4, -0.2) is 92.8 Å². The molecular weight excluding hydrogens is 1090 g/mol. The maximum absolute atomic E-state index is 13.4. The van der Waals surface area contributed by atoms with Crippen LogP contribution in [-0.2, 0) is 0 Å². The second-order valence-electron chi connectivity index (χ2n) is 20.1. The Balaban J connectivity index is 0.631. The highest BCUT2D eigenvalue weighted by Crippen LogP contribution is 2.37. The largest absolute Gasteiger partial charge is 0.493 e. The smallest absolute Gasteiger partial charge is 0.252 e. The van der Waals surface area contributed by atoms with Crippen molar-refractivity contribution in [3.8, 4) is 108 Å². The number of benzene rings is 3. The molecule has 0 spiro atoms. The van der Waals surface area contributed by atoms with E-state index in [9.17, 15) is 9.59 Å². The number of amides is 2. The van der Waals surface area contributed by atoms with E-state index >= 15 is 0 Å². The van der Waals surface area contributed by atoms with Gasteiger partial charge in [-0.2, -0.15) is 0 Å². The van der Waals surface area contributed by atoms with Crippen molar-refractivity contribution in [1.29, 1.82) is 0 Å². The van der Waals surface area contributed by atoms with Crippen molar-refractivity contribution in [3.05, 3.63) is 248 Å². The maximum Gasteiger partial charge on any atom is 0.252 e. The Hall–Kier alpha value is -11.5. The molecule has 0 bridgehead atoms. The number of nitrogens with one attached hydrogen (secondary N) is 2. The number of hydrogen-bond donors (Lipinski definition) is 2. The van der Waals surface area contributed by atoms with Gasteiger partial charge in [-0.1, -0.05) is 78.9 Å². The molecule has 0 aliphatic rings. The normalized spacial score (nSPS) is 11.0. The van der Waals surface area contributed by atoms with Crippen LogP contribution >= 0.6 is 0 Å². The average Bonchev–Trinajstić information content (AvgIpc) is 3.29. The molecule has 0 aliphatic carbocycles. The van der Waals surface area contributed by atoms with Crippen molar-refractivity contribution in [1.82, 2.24) is 65.3 Å². The first-order valence-electron chi connectivity index (χ1n) is 28.6. The summed E-state index contributed by atoms with van der Waals surface area (Å²) in [5.74, 6) is 1.89. The van der Waals surface area contributed by atoms with Crippen LogP contribution in [0, 0.1) is 0 Å². The fourth-order valence-corrected chi connectivity index (χ4v) is 9.80. The van der Waals surface area contributed by atoms with Crippen LogP contribution in [0.4, 0.5) is 0 Å². The summed E-state index contributed by atoms with van der Waals surface area (Å²) < 4.78 is 14.6. The third-order valence-electron chi connectivity index (χ3n) is 14.2. The summed E-state index contributed by atoms with van der Waals surface area (Å²) in [7, 11) is 0. The van der Waals surface area contributed by atoms with Crippen LogP contribution in [0.5, 0.6) is 11.5 Å². The first-order valence-corrected chi connectivity index (χ1v) is 28.6. The van der Waals surface area contributed by atoms with E-state index in [-0.39, 0.29) is 11.8 Å². The van der Waals surface area contributed by atoms with Gasteiger partial charge in [0.2, 0.25) is 0 Å². The van der Waals surface area contributed by atoms with Crippen molar-refractivity contribution in [2.75, 3.05) is 26.3 Å². The first-order chi connectivity index (χ1) is 43.0. The lowest BCUT2D eigenvalue weighted by Gasteiger charge is -2.14. The van der Waals surface area contributed by atoms with E-state index in [1.807, 2.05) is 180 Å². The standard InChI is InChI=1S/C70H57N13O4/c84-69(75-38-16-18-40-86-65-28-6-4-22-53(65)50-42-61(55-24-8-12-34-71-55)79-62(43-50)56-25-9-13-35-72-56)48-30-32-59(77-46-48)67-81-82-68(83(67)52-20-2-1-3-21-52)60-33-31-49(47-78-60)70(85)76-39-17-19-41-87-66-29-7-5-23-54(66)51-44-63(57-26-10-14-36-73-57)80-64(45-51)58-27-11-15-37-74-58/h1-15,20-37,42-47H,16-19,38-41H2,(H,75,84)(H,76,85). The highest BCUT2D eigenvalue weighted by Gasteiger charge is 2.21. The van der Waals surface area contributed by atoms with E-state index in [2.05, 4.69) is 50.7 Å². The predicted octanol–water partition coefficient (Wildman–Crippen LogP) is 12.9. The van der Waals surface area contributed by atoms with E-state index in [4.69, 9.17) is 19.4 Å². The van der Waals surface area contributed by atoms with Crippen molar-refractivity contribution >= 4 is 11.8 Å². The molecule has 2 amide bonds. The lowest BCUT2D eigenvalue weighted by atomic mass is 10.0. The first kappa shape index (κ1) is 56.0. The van der Waals surface area contributed by atoms with E-state index in [1.165, 1.54) is 12.4 Å². The van der Waals surface area contributed by atoms with E-state index in [1.54, 1.807) is 49.1 Å². The summed E-state index contributed by atoms with van der Waals surface area (Å²) in [6.07, 6.45) is 12.9. The minimum absolute atomic E-state index is 0.245. The van der Waals surface area contributed by atoms with Gasteiger partial charge in [-0.05, 0) is 158 Å². The molecule has 2 N–H and O–H groups in total. The Kier molecular flexibility index (Phi) is 17.6. The predicted molar refractivity (Wildman–Crippen MR) is 334 cm³/mol. The molecule has 0 unspecified atom stereocenters. The molecule has 9 heterocycles. The zero-order valence-corrected chi connectivity index (χ0v) is 47.2. The van der Waals surface area contributed by atoms with Crippen LogP contribution in [0.25, 0.3) is 96.5 Å². The van der Waals surface area contributed by atoms with Crippen LogP contribution in [0.2, 0.25) is 0 Å². The van der Waals surface area contributed by atoms with Crippen molar-refractivity contribution in [2.45, 2.75) is 25.7 Å². The molecule has 3 aromatic carbocycles. The molecule has 17 heteroatoms. The van der Waals surface area contributed by atoms with Gasteiger partial charge in [0.1, 0.15) is 22.9 Å². The summed E-state index contributed by atoms with van der Waals surface area (Å²) in [5, 5.41) is 15.2. The van der Waals surface area contributed by atoms with Crippen LogP contribution < -0.4 is 20.1 Å². The summed E-state index contributed by atoms with van der Waals surface area (Å²) in [6.45, 7) is 1.79. The zero-order chi connectivity index (χ0) is 59.0. The minimum atomic E-state index is -0.245. The monoisotopic (exact) mass is 1140 g/mol. The van der Waals surface area contributed by atoms with Gasteiger partial charge in [-0.15, -0.1) is 10.2 Å². The minimum Gasteiger partial charge on any atom is -0.493 e. The quantitative estimate of drug-likeness (QED) is 0.0571. The van der Waals surface area contributed by atoms with Crippen LogP contribution in [0.15, 0.2) is 237 Å². The Morgan fingerprint density at radius 3 is 1.11 bits per heavy atom. The number of pyridine rings is 8. The zero-order valence-electron chi connectivity index (χ0n) is 47.2. The van der Waals surface area contributed by atoms with Gasteiger partial charge in [-0.25, -0.2) is 9.97 Å². The summed E-state index contributed by atoms with van der Waals surface area (Å²) in [5.41, 5.74) is 12.3. The average molecular weight is 1140 g/mol. The van der Waals surface area contributed by atoms with Crippen LogP contribution in [0.3, 0.4) is 0 Å². The molecule has 9 aromatic heterocycles. The topological polar surface area (TPSA) is 210 Å². The number of unbranched alkanes of at least 4 members (excludes halogenated alkanes) is 2. The van der Waals surface area contributed by atoms with Gasteiger partial charge in [0.25, 0.3) is 11.8 Å². The molecule has 0 saturated carbocycles. The Morgan fingerprint density at radius 2 is 0.747 bits per heavy atom. The number of nitrogens with zero attached hydrogens (tertiary/aromatic N) is 11. The van der Waals surface area contributed by atoms with Gasteiger partial charge in [-0.3, -0.25) is 44.1 Å². The van der Waals surface area contributed by atoms with Gasteiger partial charge >= 0.3 is 0 Å². The molecule has 17 nitrogen and oxygen atoms in total. The number of ether oxygens (including phenoxy) is 2. The summed E-state index contributed by atoms with van der Waals surface area (Å²) >= 11 is 0. The Labute approximate surface area is 502 Å². The number of para-hydroxylation sites is 3. The molecular formula is C70H57N13O4. The lowest BCUT2D eigenvalue weighted by Crippen LogP contribution is -2.24. The van der Waals surface area contributed by atoms with Gasteiger partial charge in [0, 0.05) is 67.1 Å². The second-order valence-corrected chi connectivity index (χ2v) is 20.1. The number of carbonyl (C=O) groups is 2. The molecule has 12 aromatic rings. The van der Waals surface area contributed by atoms with E-state index in [0.29, 0.717) is 86.2 Å². The molecule has 0 aliphatic heterocycles. The number of carbonyl (C=O) groups excluding carboxylic acids is 2. The maximum atomic E-state index is 13.4. The molecule has 87 heavy (non-hydrogen) atoms. The summed E-state index contributed by atoms with van der Waals surface area (Å²) in [4.78, 5) is 64.1. The fourth-order valence-electron chi connectivity index (χ4n) is 9.80. The SMILES string of the molecule is O=C(NCCCCOc1ccccc1-c1cc(-c2ccccn2)nc(-c2ccccn2)c1)c1ccc(-c2nnc(-c3ccc(C(=O)NCCCCOc4ccccc4-c4cc(-c5ccccn5)nc(-c5ccccn5)c4)cn3)n2-c2ccccc2)nc1. The van der Waals surface area contributed by atoms with Crippen molar-refractivity contribution < 1.29 is 19.1 Å². The van der Waals surface area contributed by atoms with Gasteiger partial charge < -0.3 is 20.1 Å². The van der Waals surface area contributed by atoms with Crippen molar-refractivity contribution in [3.63, 3.8) is 0 Å². The number of rotatable bonds is 23. The third-order valence-corrected chi connectivity index (χ3v) is 14.2. The van der Waals surface area contributed by atoms with Crippen molar-refractivity contribution in [2.24, 2.45) is 0 Å². The Bertz CT molecular complexity index is 3890. The molecule has 0 radical (unpaired) electrons. The molecule has 426 valence electrons. The Morgan fingerprint density at radius 1 is 0.368 bits per heavy atom. The van der Waals surface area contributed by atoms with Gasteiger partial charge in [0.05, 0.1) is 69.9 Å². The summed E-state index contributed by atoms with van der Waals surface area (Å²) in [6, 6.07) is 63.6. The molecule has 0 fully saturated rings. The second kappa shape index (κ2) is 27.3. The number of hydrogen-bond acceptors (Lipinski definition) is 14. The molecule has 0 saturated heterocycles. The molecule has 0 atom stereocenters. The van der Waals surface area contributed by atoms with E-state index < -0.39 is 0 Å². The number of aromatic nitrogens is 11. The van der Waals surface area contributed by atoms with Crippen LogP contribution in [0.1, 0.15) is 46.4 Å². The highest BCUT2D eigenvalue weighted by atomic mass is 16.5. The highest BCUT2D eigenvalue weighted by molar-refractivity contribution is 5.95. The van der Waals surface area contributed by atoms with E-state index in [0.717, 1.165) is 85.0 Å². The lowest BCUT2D eigenvalue weighted by molar-refractivity contribution is 0.0944. The fraction of sp³-hybridized carbons (Fsp3) is 0.114. The third kappa shape index (κ3) is 13.6. The van der Waals surface area contributed by atoms with Gasteiger partial charge in [0.15, 0.2) is 11.6 Å².